The lowest BCUT2D eigenvalue weighted by atomic mass is 9.94. The van der Waals surface area contributed by atoms with Crippen LogP contribution in [0, 0.1) is 11.8 Å². The van der Waals surface area contributed by atoms with Crippen molar-refractivity contribution in [2.75, 3.05) is 38.0 Å². The molecular formula is C18H28N4O. The van der Waals surface area contributed by atoms with Crippen LogP contribution >= 0.6 is 0 Å². The largest absolute Gasteiger partial charge is 0.324 e. The Balaban J connectivity index is 1.48. The monoisotopic (exact) mass is 316 g/mol. The summed E-state index contributed by atoms with van der Waals surface area (Å²) in [5, 5.41) is 2.97. The second-order valence-electron chi connectivity index (χ2n) is 7.10. The molecule has 2 fully saturated rings. The number of amides is 2. The van der Waals surface area contributed by atoms with Crippen LogP contribution in [0.1, 0.15) is 32.6 Å². The number of aromatic nitrogens is 1. The smallest absolute Gasteiger partial charge is 0.321 e. The number of nitrogens with zero attached hydrogens (tertiary/aromatic N) is 3. The van der Waals surface area contributed by atoms with Gasteiger partial charge in [0.15, 0.2) is 0 Å². The van der Waals surface area contributed by atoms with E-state index in [-0.39, 0.29) is 6.03 Å². The van der Waals surface area contributed by atoms with E-state index in [2.05, 4.69) is 22.1 Å². The lowest BCUT2D eigenvalue weighted by molar-refractivity contribution is 0.124. The molecule has 23 heavy (non-hydrogen) atoms. The minimum absolute atomic E-state index is 0.0215. The van der Waals surface area contributed by atoms with E-state index < -0.39 is 0 Å². The van der Waals surface area contributed by atoms with Crippen LogP contribution in [0.2, 0.25) is 0 Å². The summed E-state index contributed by atoms with van der Waals surface area (Å²) in [7, 11) is 0. The minimum atomic E-state index is 0.0215. The number of piperidine rings is 2. The highest BCUT2D eigenvalue weighted by atomic mass is 16.2. The number of hydrogen-bond acceptors (Lipinski definition) is 3. The van der Waals surface area contributed by atoms with Gasteiger partial charge in [-0.05, 0) is 62.7 Å². The Morgan fingerprint density at radius 2 is 1.96 bits per heavy atom. The van der Waals surface area contributed by atoms with Crippen LogP contribution in [0.5, 0.6) is 0 Å². The molecule has 2 aliphatic rings. The third-order valence-corrected chi connectivity index (χ3v) is 5.13. The molecule has 5 heteroatoms. The normalized spacial score (nSPS) is 23.7. The average Bonchev–Trinajstić information content (AvgIpc) is 2.58. The highest BCUT2D eigenvalue weighted by Crippen LogP contribution is 2.22. The second kappa shape index (κ2) is 7.77. The van der Waals surface area contributed by atoms with E-state index in [1.807, 2.05) is 17.0 Å². The topological polar surface area (TPSA) is 48.5 Å². The van der Waals surface area contributed by atoms with Crippen molar-refractivity contribution in [3.8, 4) is 0 Å². The van der Waals surface area contributed by atoms with Gasteiger partial charge in [0.2, 0.25) is 0 Å². The Labute approximate surface area is 139 Å². The number of rotatable bonds is 3. The molecule has 1 aromatic rings. The summed E-state index contributed by atoms with van der Waals surface area (Å²) in [5.74, 6) is 1.49. The molecule has 3 heterocycles. The molecule has 126 valence electrons. The van der Waals surface area contributed by atoms with Crippen molar-refractivity contribution in [1.82, 2.24) is 14.8 Å². The zero-order valence-electron chi connectivity index (χ0n) is 14.1. The summed E-state index contributed by atoms with van der Waals surface area (Å²) < 4.78 is 0. The van der Waals surface area contributed by atoms with Gasteiger partial charge in [0, 0.05) is 37.7 Å². The molecule has 0 aromatic carbocycles. The summed E-state index contributed by atoms with van der Waals surface area (Å²) in [4.78, 5) is 21.0. The number of pyridine rings is 1. The van der Waals surface area contributed by atoms with Crippen molar-refractivity contribution in [1.29, 1.82) is 0 Å². The lowest BCUT2D eigenvalue weighted by Crippen LogP contribution is -2.46. The number of urea groups is 1. The molecule has 1 aromatic heterocycles. The third-order valence-electron chi connectivity index (χ3n) is 5.13. The first kappa shape index (κ1) is 16.2. The fourth-order valence-corrected chi connectivity index (χ4v) is 3.65. The van der Waals surface area contributed by atoms with Crippen molar-refractivity contribution >= 4 is 11.7 Å². The molecule has 2 saturated heterocycles. The van der Waals surface area contributed by atoms with Gasteiger partial charge in [-0.2, -0.15) is 0 Å². The molecule has 0 saturated carbocycles. The van der Waals surface area contributed by atoms with Gasteiger partial charge in [-0.15, -0.1) is 0 Å². The van der Waals surface area contributed by atoms with Gasteiger partial charge in [0.1, 0.15) is 0 Å². The highest BCUT2D eigenvalue weighted by Gasteiger charge is 2.26. The number of anilines is 1. The van der Waals surface area contributed by atoms with Crippen LogP contribution in [-0.4, -0.2) is 53.5 Å². The zero-order chi connectivity index (χ0) is 16.1. The molecule has 1 N–H and O–H groups in total. The quantitative estimate of drug-likeness (QED) is 0.932. The van der Waals surface area contributed by atoms with Crippen LogP contribution in [-0.2, 0) is 0 Å². The Morgan fingerprint density at radius 1 is 1.22 bits per heavy atom. The molecule has 5 nitrogen and oxygen atoms in total. The van der Waals surface area contributed by atoms with Gasteiger partial charge in [-0.25, -0.2) is 4.79 Å². The molecule has 2 amide bonds. The average molecular weight is 316 g/mol. The molecule has 0 spiro atoms. The van der Waals surface area contributed by atoms with Crippen molar-refractivity contribution in [3.63, 3.8) is 0 Å². The highest BCUT2D eigenvalue weighted by molar-refractivity contribution is 5.89. The van der Waals surface area contributed by atoms with E-state index in [9.17, 15) is 4.79 Å². The summed E-state index contributed by atoms with van der Waals surface area (Å²) in [6.45, 7) is 7.68. The predicted molar refractivity (Wildman–Crippen MR) is 92.4 cm³/mol. The fraction of sp³-hybridized carbons (Fsp3) is 0.667. The number of nitrogens with one attached hydrogen (secondary N) is 1. The summed E-state index contributed by atoms with van der Waals surface area (Å²) in [5.41, 5.74) is 0.817. The van der Waals surface area contributed by atoms with Crippen LogP contribution < -0.4 is 5.32 Å². The Morgan fingerprint density at radius 3 is 2.70 bits per heavy atom. The van der Waals surface area contributed by atoms with Gasteiger partial charge >= 0.3 is 6.03 Å². The van der Waals surface area contributed by atoms with Crippen molar-refractivity contribution < 1.29 is 4.79 Å². The molecule has 0 unspecified atom stereocenters. The summed E-state index contributed by atoms with van der Waals surface area (Å²) >= 11 is 0. The van der Waals surface area contributed by atoms with Crippen molar-refractivity contribution in [3.05, 3.63) is 24.5 Å². The molecule has 0 aliphatic carbocycles. The van der Waals surface area contributed by atoms with E-state index in [0.717, 1.165) is 37.7 Å². The van der Waals surface area contributed by atoms with Crippen LogP contribution in [0.3, 0.4) is 0 Å². The molecule has 1 atom stereocenters. The molecular weight excluding hydrogens is 288 g/mol. The molecule has 3 rings (SSSR count). The summed E-state index contributed by atoms with van der Waals surface area (Å²) in [6.07, 6.45) is 8.39. The SMILES string of the molecule is CC1CCN(C[C@@H]2CCCN(C(=O)Nc3ccncc3)C2)CC1. The maximum atomic E-state index is 12.4. The first-order chi connectivity index (χ1) is 11.2. The van der Waals surface area contributed by atoms with E-state index in [0.29, 0.717) is 5.92 Å². The molecule has 2 aliphatic heterocycles. The summed E-state index contributed by atoms with van der Waals surface area (Å²) in [6, 6.07) is 3.68. The van der Waals surface area contributed by atoms with Gasteiger partial charge in [0.25, 0.3) is 0 Å². The lowest BCUT2D eigenvalue weighted by Gasteiger charge is -2.37. The van der Waals surface area contributed by atoms with E-state index >= 15 is 0 Å². The minimum Gasteiger partial charge on any atom is -0.324 e. The van der Waals surface area contributed by atoms with Crippen LogP contribution in [0.4, 0.5) is 10.5 Å². The first-order valence-electron chi connectivity index (χ1n) is 8.89. The Kier molecular flexibility index (Phi) is 5.49. The third kappa shape index (κ3) is 4.67. The number of carbonyl (C=O) groups excluding carboxylic acids is 1. The van der Waals surface area contributed by atoms with Gasteiger partial charge in [0.05, 0.1) is 0 Å². The maximum Gasteiger partial charge on any atom is 0.321 e. The zero-order valence-corrected chi connectivity index (χ0v) is 14.1. The Bertz CT molecular complexity index is 499. The number of hydrogen-bond donors (Lipinski definition) is 1. The van der Waals surface area contributed by atoms with Crippen LogP contribution in [0.25, 0.3) is 0 Å². The van der Waals surface area contributed by atoms with Gasteiger partial charge in [-0.1, -0.05) is 6.92 Å². The standard InChI is InChI=1S/C18H28N4O/c1-15-6-11-21(12-7-15)13-16-3-2-10-22(14-16)18(23)20-17-4-8-19-9-5-17/h4-5,8-9,15-16H,2-3,6-7,10-14H2,1H3,(H,19,20,23)/t16-/m0/s1. The predicted octanol–water partition coefficient (Wildman–Crippen LogP) is 3.06. The number of likely N-dealkylation sites (tertiary alicyclic amines) is 2. The van der Waals surface area contributed by atoms with E-state index in [1.165, 1.54) is 32.4 Å². The maximum absolute atomic E-state index is 12.4. The van der Waals surface area contributed by atoms with Gasteiger partial charge in [-0.3, -0.25) is 4.98 Å². The molecule has 0 bridgehead atoms. The fourth-order valence-electron chi connectivity index (χ4n) is 3.65. The Hall–Kier alpha value is -1.62. The number of carbonyl (C=O) groups is 1. The molecule has 0 radical (unpaired) electrons. The van der Waals surface area contributed by atoms with Gasteiger partial charge < -0.3 is 15.1 Å². The van der Waals surface area contributed by atoms with E-state index in [4.69, 9.17) is 0 Å². The van der Waals surface area contributed by atoms with Crippen molar-refractivity contribution in [2.45, 2.75) is 32.6 Å². The van der Waals surface area contributed by atoms with Crippen LogP contribution in [0.15, 0.2) is 24.5 Å². The van der Waals surface area contributed by atoms with E-state index in [1.54, 1.807) is 12.4 Å². The van der Waals surface area contributed by atoms with Crippen molar-refractivity contribution in [2.24, 2.45) is 11.8 Å². The first-order valence-corrected chi connectivity index (χ1v) is 8.89. The second-order valence-corrected chi connectivity index (χ2v) is 7.10.